The summed E-state index contributed by atoms with van der Waals surface area (Å²) in [4.78, 5) is 33.9. The van der Waals surface area contributed by atoms with Gasteiger partial charge in [-0.1, -0.05) is 0 Å². The topological polar surface area (TPSA) is 75.6 Å². The molecule has 0 N–H and O–H groups in total. The maximum absolute atomic E-state index is 13.0. The molecular weight excluding hydrogens is 515 g/mol. The van der Waals surface area contributed by atoms with Gasteiger partial charge in [0, 0.05) is 31.7 Å². The van der Waals surface area contributed by atoms with Crippen LogP contribution in [0.15, 0.2) is 6.20 Å². The van der Waals surface area contributed by atoms with Crippen LogP contribution in [0.4, 0.5) is 44.3 Å². The number of likely N-dealkylation sites (tertiary alicyclic amines) is 1. The molecule has 2 fully saturated rings. The summed E-state index contributed by atoms with van der Waals surface area (Å²) in [6.45, 7) is -0.297. The van der Waals surface area contributed by atoms with Gasteiger partial charge in [-0.2, -0.15) is 39.5 Å². The summed E-state index contributed by atoms with van der Waals surface area (Å²) < 4.78 is 118. The van der Waals surface area contributed by atoms with E-state index < -0.39 is 47.9 Å². The molecule has 3 aliphatic rings. The van der Waals surface area contributed by atoms with Crippen molar-refractivity contribution in [3.63, 3.8) is 0 Å². The van der Waals surface area contributed by atoms with Crippen LogP contribution in [0.1, 0.15) is 36.3 Å². The van der Waals surface area contributed by atoms with Crippen LogP contribution < -0.4 is 0 Å². The monoisotopic (exact) mass is 534 g/mol. The first-order chi connectivity index (χ1) is 16.5. The molecule has 1 aromatic rings. The molecule has 36 heavy (non-hydrogen) atoms. The number of hydrogen-bond acceptors (Lipinski definition) is 5. The number of nitrogens with zero attached hydrogens (tertiary/aromatic N) is 4. The zero-order valence-corrected chi connectivity index (χ0v) is 18.3. The second-order valence-electron chi connectivity index (χ2n) is 9.13. The number of halogens is 9. The summed E-state index contributed by atoms with van der Waals surface area (Å²) >= 11 is 0. The number of hydrogen-bond donors (Lipinski definition) is 0. The Balaban J connectivity index is 1.34. The lowest BCUT2D eigenvalue weighted by Crippen LogP contribution is -2.49. The second-order valence-corrected chi connectivity index (χ2v) is 9.13. The Morgan fingerprint density at radius 3 is 2.14 bits per heavy atom. The van der Waals surface area contributed by atoms with Crippen molar-refractivity contribution in [2.24, 2.45) is 11.3 Å². The molecule has 200 valence electrons. The van der Waals surface area contributed by atoms with Crippen LogP contribution in [-0.4, -0.2) is 69.9 Å². The van der Waals surface area contributed by atoms with Crippen molar-refractivity contribution in [2.75, 3.05) is 19.6 Å². The molecule has 1 spiro atoms. The molecule has 1 atom stereocenters. The number of rotatable bonds is 2. The van der Waals surface area contributed by atoms with Crippen molar-refractivity contribution in [3.8, 4) is 0 Å². The lowest BCUT2D eigenvalue weighted by Gasteiger charge is -2.34. The summed E-state index contributed by atoms with van der Waals surface area (Å²) in [6, 6.07) is 0. The highest BCUT2D eigenvalue weighted by Crippen LogP contribution is 2.60. The Bertz CT molecular complexity index is 1020. The van der Waals surface area contributed by atoms with Gasteiger partial charge in [0.15, 0.2) is 0 Å². The van der Waals surface area contributed by atoms with Crippen LogP contribution in [0.5, 0.6) is 0 Å². The van der Waals surface area contributed by atoms with Crippen molar-refractivity contribution >= 4 is 12.0 Å². The SMILES string of the molecule is O=C(OC(C(F)(F)F)C(F)(F)F)N1CCC2(CC1)C[C@H]2C(=O)N1CCc2cnc(C(F)(F)F)nc2C1. The molecule has 0 bridgehead atoms. The Morgan fingerprint density at radius 1 is 0.972 bits per heavy atom. The smallest absolute Gasteiger partial charge is 0.426 e. The van der Waals surface area contributed by atoms with Gasteiger partial charge in [0.05, 0.1) is 12.2 Å². The molecule has 0 radical (unpaired) electrons. The van der Waals surface area contributed by atoms with Crippen molar-refractivity contribution in [3.05, 3.63) is 23.3 Å². The van der Waals surface area contributed by atoms with E-state index in [0.717, 1.165) is 11.1 Å². The lowest BCUT2D eigenvalue weighted by molar-refractivity contribution is -0.308. The van der Waals surface area contributed by atoms with Gasteiger partial charge in [-0.3, -0.25) is 4.79 Å². The summed E-state index contributed by atoms with van der Waals surface area (Å²) in [5.74, 6) is -2.15. The first-order valence-corrected chi connectivity index (χ1v) is 10.8. The maximum atomic E-state index is 13.0. The van der Waals surface area contributed by atoms with Crippen LogP contribution in [0.2, 0.25) is 0 Å². The number of piperidine rings is 1. The molecule has 0 unspecified atom stereocenters. The van der Waals surface area contributed by atoms with Crippen LogP contribution in [-0.2, 0) is 28.7 Å². The highest BCUT2D eigenvalue weighted by Gasteiger charge is 2.62. The Hall–Kier alpha value is -2.81. The van der Waals surface area contributed by atoms with Crippen LogP contribution in [0.3, 0.4) is 0 Å². The van der Waals surface area contributed by atoms with Crippen molar-refractivity contribution in [1.29, 1.82) is 0 Å². The molecule has 4 rings (SSSR count). The second kappa shape index (κ2) is 8.64. The quantitative estimate of drug-likeness (QED) is 0.534. The minimum Gasteiger partial charge on any atom is -0.426 e. The summed E-state index contributed by atoms with van der Waals surface area (Å²) in [5, 5.41) is 0. The fourth-order valence-corrected chi connectivity index (χ4v) is 4.73. The molecular formula is C20H19F9N4O3. The van der Waals surface area contributed by atoms with Gasteiger partial charge >= 0.3 is 24.6 Å². The van der Waals surface area contributed by atoms with Gasteiger partial charge in [0.2, 0.25) is 11.7 Å². The molecule has 16 heteroatoms. The highest BCUT2D eigenvalue weighted by molar-refractivity contribution is 5.83. The molecule has 1 aromatic heterocycles. The lowest BCUT2D eigenvalue weighted by atomic mass is 9.90. The number of ether oxygens (including phenoxy) is 1. The largest absolute Gasteiger partial charge is 0.451 e. The predicted molar refractivity (Wildman–Crippen MR) is 99.9 cm³/mol. The van der Waals surface area contributed by atoms with Gasteiger partial charge in [0.1, 0.15) is 0 Å². The zero-order valence-electron chi connectivity index (χ0n) is 18.3. The molecule has 1 saturated carbocycles. The molecule has 2 aliphatic heterocycles. The van der Waals surface area contributed by atoms with E-state index in [1.165, 1.54) is 4.90 Å². The van der Waals surface area contributed by atoms with E-state index in [2.05, 4.69) is 14.7 Å². The molecule has 2 amide bonds. The number of alkyl halides is 9. The Kier molecular flexibility index (Phi) is 6.30. The highest BCUT2D eigenvalue weighted by atomic mass is 19.4. The van der Waals surface area contributed by atoms with E-state index in [0.29, 0.717) is 12.0 Å². The van der Waals surface area contributed by atoms with Crippen molar-refractivity contribution in [2.45, 2.75) is 56.9 Å². The third-order valence-corrected chi connectivity index (χ3v) is 6.83. The average Bonchev–Trinajstić information content (AvgIpc) is 3.47. The Labute approximate surface area is 197 Å². The van der Waals surface area contributed by atoms with Gasteiger partial charge < -0.3 is 14.5 Å². The molecule has 3 heterocycles. The third kappa shape index (κ3) is 5.16. The number of fused-ring (bicyclic) bond motifs is 1. The van der Waals surface area contributed by atoms with E-state index in [-0.39, 0.29) is 57.0 Å². The van der Waals surface area contributed by atoms with Gasteiger partial charge in [-0.05, 0) is 36.7 Å². The van der Waals surface area contributed by atoms with Crippen LogP contribution in [0.25, 0.3) is 0 Å². The number of amides is 2. The first kappa shape index (κ1) is 26.3. The normalized spacial score (nSPS) is 22.0. The fraction of sp³-hybridized carbons (Fsp3) is 0.700. The average molecular weight is 534 g/mol. The van der Waals surface area contributed by atoms with Crippen LogP contribution >= 0.6 is 0 Å². The first-order valence-electron chi connectivity index (χ1n) is 10.8. The molecule has 7 nitrogen and oxygen atoms in total. The number of aromatic nitrogens is 2. The Morgan fingerprint density at radius 2 is 1.58 bits per heavy atom. The van der Waals surface area contributed by atoms with E-state index in [4.69, 9.17) is 0 Å². The minimum absolute atomic E-state index is 0.0908. The van der Waals surface area contributed by atoms with Gasteiger partial charge in [-0.15, -0.1) is 0 Å². The van der Waals surface area contributed by atoms with E-state index in [1.807, 2.05) is 0 Å². The summed E-state index contributed by atoms with van der Waals surface area (Å²) in [6.07, 6.45) is -20.3. The van der Waals surface area contributed by atoms with E-state index >= 15 is 0 Å². The van der Waals surface area contributed by atoms with Gasteiger partial charge in [-0.25, -0.2) is 14.8 Å². The fourth-order valence-electron chi connectivity index (χ4n) is 4.73. The summed E-state index contributed by atoms with van der Waals surface area (Å²) in [7, 11) is 0. The van der Waals surface area contributed by atoms with Crippen molar-refractivity contribution < 1.29 is 53.8 Å². The predicted octanol–water partition coefficient (Wildman–Crippen LogP) is 4.11. The van der Waals surface area contributed by atoms with E-state index in [9.17, 15) is 49.1 Å². The summed E-state index contributed by atoms with van der Waals surface area (Å²) in [5.41, 5.74) is 0.0122. The maximum Gasteiger partial charge on any atom is 0.451 e. The minimum atomic E-state index is -5.82. The zero-order chi connectivity index (χ0) is 26.7. The van der Waals surface area contributed by atoms with Gasteiger partial charge in [0.25, 0.3) is 6.10 Å². The van der Waals surface area contributed by atoms with E-state index in [1.54, 1.807) is 0 Å². The molecule has 1 saturated heterocycles. The third-order valence-electron chi connectivity index (χ3n) is 6.83. The van der Waals surface area contributed by atoms with Crippen LogP contribution in [0, 0.1) is 11.3 Å². The van der Waals surface area contributed by atoms with Crippen molar-refractivity contribution in [1.82, 2.24) is 19.8 Å². The number of carbonyl (C=O) groups excluding carboxylic acids is 2. The molecule has 0 aromatic carbocycles. The number of carbonyl (C=O) groups is 2. The standard InChI is InChI=1S/C20H19F9N4O3/c21-18(22,23)14(19(24,25)26)36-16(35)32-5-2-17(3-6-32)7-11(17)13(34)33-4-1-10-8-30-15(20(27,28)29)31-12(10)9-33/h8,11,14H,1-7,9H2/t11-/m0/s1. The molecule has 1 aliphatic carbocycles.